The maximum atomic E-state index is 12.3. The van der Waals surface area contributed by atoms with Crippen molar-refractivity contribution in [2.45, 2.75) is 6.10 Å². The van der Waals surface area contributed by atoms with E-state index in [1.165, 1.54) is 0 Å². The van der Waals surface area contributed by atoms with Crippen molar-refractivity contribution in [3.8, 4) is 0 Å². The molecule has 0 spiro atoms. The average molecular weight is 370 g/mol. The Morgan fingerprint density at radius 3 is 2.48 bits per heavy atom. The minimum atomic E-state index is -0.577. The van der Waals surface area contributed by atoms with E-state index in [-0.39, 0.29) is 5.91 Å². The molecule has 2 aromatic rings. The van der Waals surface area contributed by atoms with Crippen LogP contribution in [0.15, 0.2) is 54.6 Å². The molecule has 1 heterocycles. The number of morpholine rings is 1. The third-order valence-electron chi connectivity index (χ3n) is 4.72. The summed E-state index contributed by atoms with van der Waals surface area (Å²) >= 11 is 0. The van der Waals surface area contributed by atoms with E-state index in [2.05, 4.69) is 10.2 Å². The first-order valence-corrected chi connectivity index (χ1v) is 9.39. The van der Waals surface area contributed by atoms with Crippen LogP contribution in [-0.2, 0) is 9.53 Å². The molecular weight excluding hydrogens is 342 g/mol. The van der Waals surface area contributed by atoms with E-state index in [9.17, 15) is 9.90 Å². The van der Waals surface area contributed by atoms with Gasteiger partial charge in [0, 0.05) is 24.5 Å². The fourth-order valence-electron chi connectivity index (χ4n) is 3.25. The Kier molecular flexibility index (Phi) is 6.81. The highest BCUT2D eigenvalue weighted by atomic mass is 16.5. The highest BCUT2D eigenvalue weighted by molar-refractivity contribution is 5.91. The number of anilines is 2. The standard InChI is InChI=1S/C21H27N3O3/c1-23(15-20(25)17-5-3-2-4-6-17)16-21(26)22-18-7-9-19(10-8-18)24-11-13-27-14-12-24/h2-10,20,25H,11-16H2,1H3,(H,22,26)/p+1/t20-/m0/s1. The molecule has 1 amide bonds. The summed E-state index contributed by atoms with van der Waals surface area (Å²) in [6.07, 6.45) is -0.577. The van der Waals surface area contributed by atoms with Gasteiger partial charge in [-0.1, -0.05) is 30.3 Å². The maximum absolute atomic E-state index is 12.3. The van der Waals surface area contributed by atoms with Crippen LogP contribution in [0.1, 0.15) is 11.7 Å². The second-order valence-corrected chi connectivity index (χ2v) is 6.96. The molecule has 27 heavy (non-hydrogen) atoms. The predicted octanol–water partition coefficient (Wildman–Crippen LogP) is 0.710. The number of aliphatic hydroxyl groups excluding tert-OH is 1. The van der Waals surface area contributed by atoms with Crippen molar-refractivity contribution in [2.24, 2.45) is 0 Å². The highest BCUT2D eigenvalue weighted by Crippen LogP contribution is 2.18. The van der Waals surface area contributed by atoms with Crippen LogP contribution >= 0.6 is 0 Å². The number of quaternary nitrogens is 1. The van der Waals surface area contributed by atoms with E-state index in [0.29, 0.717) is 13.1 Å². The molecule has 0 radical (unpaired) electrons. The van der Waals surface area contributed by atoms with Gasteiger partial charge in [0.2, 0.25) is 0 Å². The summed E-state index contributed by atoms with van der Waals surface area (Å²) in [7, 11) is 1.91. The largest absolute Gasteiger partial charge is 0.382 e. The molecule has 6 heteroatoms. The zero-order valence-corrected chi connectivity index (χ0v) is 15.7. The van der Waals surface area contributed by atoms with E-state index < -0.39 is 6.10 Å². The molecule has 1 aliphatic rings. The molecule has 0 saturated carbocycles. The predicted molar refractivity (Wildman–Crippen MR) is 106 cm³/mol. The summed E-state index contributed by atoms with van der Waals surface area (Å²) in [5.41, 5.74) is 2.80. The summed E-state index contributed by atoms with van der Waals surface area (Å²) in [5.74, 6) is -0.0631. The van der Waals surface area contributed by atoms with Crippen LogP contribution in [0.4, 0.5) is 11.4 Å². The van der Waals surface area contributed by atoms with Crippen LogP contribution in [0, 0.1) is 0 Å². The lowest BCUT2D eigenvalue weighted by molar-refractivity contribution is -0.875. The first kappa shape index (κ1) is 19.4. The highest BCUT2D eigenvalue weighted by Gasteiger charge is 2.16. The van der Waals surface area contributed by atoms with Crippen molar-refractivity contribution in [3.63, 3.8) is 0 Å². The minimum Gasteiger partial charge on any atom is -0.382 e. The summed E-state index contributed by atoms with van der Waals surface area (Å²) in [5, 5.41) is 13.2. The number of ether oxygens (including phenoxy) is 1. The number of nitrogens with zero attached hydrogens (tertiary/aromatic N) is 1. The SMILES string of the molecule is C[NH+](CC(=O)Nc1ccc(N2CCOCC2)cc1)C[C@H](O)c1ccccc1. The van der Waals surface area contributed by atoms with E-state index >= 15 is 0 Å². The lowest BCUT2D eigenvalue weighted by Crippen LogP contribution is -3.10. The van der Waals surface area contributed by atoms with Crippen molar-refractivity contribution in [2.75, 3.05) is 56.7 Å². The first-order valence-electron chi connectivity index (χ1n) is 9.39. The topological polar surface area (TPSA) is 66.2 Å². The molecule has 2 aromatic carbocycles. The molecule has 144 valence electrons. The second kappa shape index (κ2) is 9.50. The van der Waals surface area contributed by atoms with Crippen LogP contribution in [0.2, 0.25) is 0 Å². The van der Waals surface area contributed by atoms with Crippen LogP contribution in [0.25, 0.3) is 0 Å². The Hall–Kier alpha value is -2.41. The third kappa shape index (κ3) is 5.79. The van der Waals surface area contributed by atoms with Crippen molar-refractivity contribution < 1.29 is 19.5 Å². The van der Waals surface area contributed by atoms with Crippen LogP contribution in [0.5, 0.6) is 0 Å². The minimum absolute atomic E-state index is 0.0631. The molecule has 0 aromatic heterocycles. The molecule has 0 aliphatic carbocycles. The molecule has 3 N–H and O–H groups in total. The second-order valence-electron chi connectivity index (χ2n) is 6.96. The molecular formula is C21H28N3O3+. The first-order chi connectivity index (χ1) is 13.1. The van der Waals surface area contributed by atoms with E-state index in [4.69, 9.17) is 4.74 Å². The number of carbonyl (C=O) groups excluding carboxylic acids is 1. The molecule has 2 atom stereocenters. The lowest BCUT2D eigenvalue weighted by atomic mass is 10.1. The zero-order valence-electron chi connectivity index (χ0n) is 15.7. The lowest BCUT2D eigenvalue weighted by Gasteiger charge is -2.28. The Labute approximate surface area is 160 Å². The van der Waals surface area contributed by atoms with Gasteiger partial charge < -0.3 is 25.0 Å². The quantitative estimate of drug-likeness (QED) is 0.672. The maximum Gasteiger partial charge on any atom is 0.279 e. The van der Waals surface area contributed by atoms with Gasteiger partial charge in [-0.2, -0.15) is 0 Å². The Morgan fingerprint density at radius 2 is 1.81 bits per heavy atom. The smallest absolute Gasteiger partial charge is 0.279 e. The van der Waals surface area contributed by atoms with Gasteiger partial charge in [0.05, 0.1) is 20.3 Å². The molecule has 1 unspecified atom stereocenters. The Bertz CT molecular complexity index is 715. The summed E-state index contributed by atoms with van der Waals surface area (Å²) in [4.78, 5) is 15.5. The summed E-state index contributed by atoms with van der Waals surface area (Å²) in [6, 6.07) is 17.4. The van der Waals surface area contributed by atoms with Crippen molar-refractivity contribution in [3.05, 3.63) is 60.2 Å². The van der Waals surface area contributed by atoms with Gasteiger partial charge in [0.25, 0.3) is 5.91 Å². The molecule has 1 aliphatic heterocycles. The van der Waals surface area contributed by atoms with Gasteiger partial charge >= 0.3 is 0 Å². The average Bonchev–Trinajstić information content (AvgIpc) is 2.69. The zero-order chi connectivity index (χ0) is 19.1. The number of likely N-dealkylation sites (N-methyl/N-ethyl adjacent to an activating group) is 1. The number of carbonyl (C=O) groups is 1. The number of hydrogen-bond donors (Lipinski definition) is 3. The number of aliphatic hydroxyl groups is 1. The van der Waals surface area contributed by atoms with Gasteiger partial charge in [-0.25, -0.2) is 0 Å². The number of nitrogens with one attached hydrogen (secondary N) is 2. The molecule has 6 nitrogen and oxygen atoms in total. The summed E-state index contributed by atoms with van der Waals surface area (Å²) < 4.78 is 5.37. The monoisotopic (exact) mass is 370 g/mol. The van der Waals surface area contributed by atoms with Crippen molar-refractivity contribution in [1.82, 2.24) is 0 Å². The fourth-order valence-corrected chi connectivity index (χ4v) is 3.25. The van der Waals surface area contributed by atoms with Gasteiger partial charge in [0.1, 0.15) is 12.6 Å². The third-order valence-corrected chi connectivity index (χ3v) is 4.72. The van der Waals surface area contributed by atoms with Gasteiger partial charge in [-0.05, 0) is 29.8 Å². The van der Waals surface area contributed by atoms with Crippen molar-refractivity contribution >= 4 is 17.3 Å². The van der Waals surface area contributed by atoms with Gasteiger partial charge in [0.15, 0.2) is 6.54 Å². The van der Waals surface area contributed by atoms with Crippen LogP contribution in [-0.4, -0.2) is 57.5 Å². The molecule has 3 rings (SSSR count). The Morgan fingerprint density at radius 1 is 1.15 bits per heavy atom. The number of benzene rings is 2. The van der Waals surface area contributed by atoms with E-state index in [1.54, 1.807) is 0 Å². The number of hydrogen-bond acceptors (Lipinski definition) is 4. The van der Waals surface area contributed by atoms with E-state index in [1.807, 2.05) is 61.6 Å². The van der Waals surface area contributed by atoms with Gasteiger partial charge in [-0.3, -0.25) is 4.79 Å². The molecule has 1 saturated heterocycles. The number of rotatable bonds is 7. The number of amides is 1. The van der Waals surface area contributed by atoms with Crippen LogP contribution < -0.4 is 15.1 Å². The van der Waals surface area contributed by atoms with Crippen LogP contribution in [0.3, 0.4) is 0 Å². The molecule has 0 bridgehead atoms. The van der Waals surface area contributed by atoms with Gasteiger partial charge in [-0.15, -0.1) is 0 Å². The van der Waals surface area contributed by atoms with Crippen molar-refractivity contribution in [1.29, 1.82) is 0 Å². The normalized spacial score (nSPS) is 16.6. The molecule has 1 fully saturated rings. The Balaban J connectivity index is 1.47. The fraction of sp³-hybridized carbons (Fsp3) is 0.381. The summed E-state index contributed by atoms with van der Waals surface area (Å²) in [6.45, 7) is 4.07. The van der Waals surface area contributed by atoms with E-state index in [0.717, 1.165) is 48.1 Å².